The average molecular weight is 203 g/mol. The Morgan fingerprint density at radius 1 is 1.42 bits per heavy atom. The molecule has 0 aliphatic carbocycles. The highest BCUT2D eigenvalue weighted by Gasteiger charge is 2.07. The Kier molecular flexibility index (Phi) is 3.59. The number of hydrogen-bond donors (Lipinski definition) is 0. The zero-order valence-corrected chi connectivity index (χ0v) is 7.77. The Morgan fingerprint density at radius 2 is 2.00 bits per heavy atom. The molecule has 0 spiro atoms. The fraction of sp³-hybridized carbons (Fsp3) is 0.125. The van der Waals surface area contributed by atoms with Crippen molar-refractivity contribution in [3.05, 3.63) is 29.8 Å². The Hall–Kier alpha value is -0.510. The van der Waals surface area contributed by atoms with Gasteiger partial charge >= 0.3 is 0 Å². The van der Waals surface area contributed by atoms with Gasteiger partial charge in [0.2, 0.25) is 0 Å². The molecule has 4 heteroatoms. The predicted octanol–water partition coefficient (Wildman–Crippen LogP) is 1.80. The highest BCUT2D eigenvalue weighted by atomic mass is 35.5. The Balaban J connectivity index is 2.84. The van der Waals surface area contributed by atoms with Gasteiger partial charge in [-0.1, -0.05) is 11.6 Å². The van der Waals surface area contributed by atoms with E-state index >= 15 is 0 Å². The Morgan fingerprint density at radius 3 is 2.42 bits per heavy atom. The number of carbonyl (C=O) groups is 1. The van der Waals surface area contributed by atoms with Gasteiger partial charge in [-0.2, -0.15) is 0 Å². The van der Waals surface area contributed by atoms with E-state index in [1.54, 1.807) is 24.3 Å². The first-order chi connectivity index (χ1) is 5.77. The van der Waals surface area contributed by atoms with E-state index in [2.05, 4.69) is 0 Å². The summed E-state index contributed by atoms with van der Waals surface area (Å²) in [5.41, 5.74) is 0.574. The standard InChI is InChI=1S/C8H7ClO2S/c9-6-12(11)8-3-1-7(5-10)2-4-8/h1-5H,6H2. The van der Waals surface area contributed by atoms with Gasteiger partial charge in [-0.15, -0.1) is 0 Å². The van der Waals surface area contributed by atoms with E-state index in [9.17, 15) is 9.35 Å². The largest absolute Gasteiger partial charge is 0.610 e. The molecular formula is C8H7ClO2S. The first-order valence-electron chi connectivity index (χ1n) is 3.27. The van der Waals surface area contributed by atoms with Crippen LogP contribution in [0.3, 0.4) is 0 Å². The first kappa shape index (κ1) is 9.58. The molecule has 1 unspecified atom stereocenters. The second-order valence-corrected chi connectivity index (χ2v) is 4.18. The summed E-state index contributed by atoms with van der Waals surface area (Å²) < 4.78 is 11.1. The van der Waals surface area contributed by atoms with Gasteiger partial charge in [0.1, 0.15) is 6.29 Å². The van der Waals surface area contributed by atoms with E-state index in [1.807, 2.05) is 0 Å². The van der Waals surface area contributed by atoms with Crippen LogP contribution >= 0.6 is 11.6 Å². The molecule has 12 heavy (non-hydrogen) atoms. The van der Waals surface area contributed by atoms with Gasteiger partial charge in [0.15, 0.2) is 10.1 Å². The summed E-state index contributed by atoms with van der Waals surface area (Å²) in [5, 5.41) is 0.0838. The lowest BCUT2D eigenvalue weighted by atomic mass is 10.2. The number of benzene rings is 1. The molecule has 2 nitrogen and oxygen atoms in total. The van der Waals surface area contributed by atoms with Crippen LogP contribution in [-0.2, 0) is 11.2 Å². The van der Waals surface area contributed by atoms with Crippen LogP contribution < -0.4 is 0 Å². The molecule has 0 heterocycles. The van der Waals surface area contributed by atoms with Crippen LogP contribution in [0.25, 0.3) is 0 Å². The minimum absolute atomic E-state index is 0.0838. The SMILES string of the molecule is O=Cc1ccc([S+]([O-])CCl)cc1. The molecule has 0 aliphatic heterocycles. The zero-order chi connectivity index (χ0) is 8.97. The van der Waals surface area contributed by atoms with Gasteiger partial charge in [-0.25, -0.2) is 0 Å². The summed E-state index contributed by atoms with van der Waals surface area (Å²) in [5.74, 6) is 0. The molecule has 0 fully saturated rings. The fourth-order valence-electron chi connectivity index (χ4n) is 0.761. The number of hydrogen-bond acceptors (Lipinski definition) is 2. The minimum atomic E-state index is -1.15. The summed E-state index contributed by atoms with van der Waals surface area (Å²) in [6.07, 6.45) is 0.743. The number of carbonyl (C=O) groups excluding carboxylic acids is 1. The van der Waals surface area contributed by atoms with Crippen molar-refractivity contribution >= 4 is 29.1 Å². The monoisotopic (exact) mass is 202 g/mol. The maximum atomic E-state index is 11.1. The summed E-state index contributed by atoms with van der Waals surface area (Å²) >= 11 is 4.24. The predicted molar refractivity (Wildman–Crippen MR) is 49.0 cm³/mol. The summed E-state index contributed by atoms with van der Waals surface area (Å²) in [4.78, 5) is 10.9. The average Bonchev–Trinajstić information content (AvgIpc) is 2.17. The van der Waals surface area contributed by atoms with Gasteiger partial charge in [0, 0.05) is 16.7 Å². The van der Waals surface area contributed by atoms with Crippen molar-refractivity contribution < 1.29 is 9.35 Å². The van der Waals surface area contributed by atoms with E-state index in [0.717, 1.165) is 6.29 Å². The lowest BCUT2D eigenvalue weighted by Crippen LogP contribution is -2.01. The van der Waals surface area contributed by atoms with Crippen LogP contribution in [0.2, 0.25) is 0 Å². The molecule has 0 saturated heterocycles. The molecule has 0 N–H and O–H groups in total. The minimum Gasteiger partial charge on any atom is -0.610 e. The highest BCUT2D eigenvalue weighted by molar-refractivity contribution is 7.92. The third-order valence-corrected chi connectivity index (χ3v) is 2.97. The second-order valence-electron chi connectivity index (χ2n) is 2.14. The maximum absolute atomic E-state index is 11.1. The van der Waals surface area contributed by atoms with Crippen LogP contribution in [0.5, 0.6) is 0 Å². The summed E-state index contributed by atoms with van der Waals surface area (Å²) in [6.45, 7) is 0. The lowest BCUT2D eigenvalue weighted by Gasteiger charge is -2.05. The van der Waals surface area contributed by atoms with Gasteiger partial charge in [-0.3, -0.25) is 4.79 Å². The van der Waals surface area contributed by atoms with Crippen LogP contribution in [0.1, 0.15) is 10.4 Å². The molecule has 0 aliphatic rings. The zero-order valence-electron chi connectivity index (χ0n) is 6.20. The van der Waals surface area contributed by atoms with Gasteiger partial charge < -0.3 is 4.55 Å². The number of rotatable bonds is 3. The van der Waals surface area contributed by atoms with Crippen molar-refractivity contribution in [1.82, 2.24) is 0 Å². The van der Waals surface area contributed by atoms with Crippen molar-refractivity contribution in [2.75, 3.05) is 5.21 Å². The molecule has 0 radical (unpaired) electrons. The smallest absolute Gasteiger partial charge is 0.184 e. The van der Waals surface area contributed by atoms with Gasteiger partial charge in [0.05, 0.1) is 0 Å². The van der Waals surface area contributed by atoms with Crippen LogP contribution in [0.4, 0.5) is 0 Å². The van der Waals surface area contributed by atoms with E-state index < -0.39 is 11.2 Å². The lowest BCUT2D eigenvalue weighted by molar-refractivity contribution is 0.112. The number of alkyl halides is 1. The van der Waals surface area contributed by atoms with Gasteiger partial charge in [0.25, 0.3) is 0 Å². The normalized spacial score (nSPS) is 12.5. The van der Waals surface area contributed by atoms with E-state index in [-0.39, 0.29) is 5.21 Å². The quantitative estimate of drug-likeness (QED) is 0.426. The third-order valence-electron chi connectivity index (χ3n) is 1.38. The molecule has 1 atom stereocenters. The fourth-order valence-corrected chi connectivity index (χ4v) is 1.70. The highest BCUT2D eigenvalue weighted by Crippen LogP contribution is 2.12. The van der Waals surface area contributed by atoms with Crippen molar-refractivity contribution in [2.45, 2.75) is 4.90 Å². The summed E-state index contributed by atoms with van der Waals surface area (Å²) in [7, 11) is 0. The van der Waals surface area contributed by atoms with Crippen LogP contribution in [-0.4, -0.2) is 16.1 Å². The maximum Gasteiger partial charge on any atom is 0.184 e. The van der Waals surface area contributed by atoms with Crippen molar-refractivity contribution in [3.63, 3.8) is 0 Å². The molecule has 1 aromatic carbocycles. The van der Waals surface area contributed by atoms with E-state index in [1.165, 1.54) is 0 Å². The molecule has 0 bridgehead atoms. The first-order valence-corrected chi connectivity index (χ1v) is 5.13. The molecule has 1 aromatic rings. The Labute approximate surface area is 78.7 Å². The molecular weight excluding hydrogens is 196 g/mol. The van der Waals surface area contributed by atoms with Crippen LogP contribution in [0.15, 0.2) is 29.2 Å². The number of halogens is 1. The molecule has 0 amide bonds. The molecule has 0 saturated carbocycles. The van der Waals surface area contributed by atoms with E-state index in [4.69, 9.17) is 11.6 Å². The van der Waals surface area contributed by atoms with Crippen LogP contribution in [0, 0.1) is 0 Å². The topological polar surface area (TPSA) is 40.1 Å². The van der Waals surface area contributed by atoms with Gasteiger partial charge in [-0.05, 0) is 24.3 Å². The Bertz CT molecular complexity index is 260. The number of aldehydes is 1. The third kappa shape index (κ3) is 2.24. The second kappa shape index (κ2) is 4.50. The van der Waals surface area contributed by atoms with Crippen molar-refractivity contribution in [3.8, 4) is 0 Å². The molecule has 1 rings (SSSR count). The molecule has 0 aromatic heterocycles. The summed E-state index contributed by atoms with van der Waals surface area (Å²) in [6, 6.07) is 6.52. The molecule has 64 valence electrons. The van der Waals surface area contributed by atoms with E-state index in [0.29, 0.717) is 10.5 Å². The van der Waals surface area contributed by atoms with Crippen molar-refractivity contribution in [1.29, 1.82) is 0 Å². The van der Waals surface area contributed by atoms with Crippen molar-refractivity contribution in [2.24, 2.45) is 0 Å².